The van der Waals surface area contributed by atoms with E-state index in [1.807, 2.05) is 4.68 Å². The SMILES string of the molecule is CCOC(=O)C(N)CCSCc1ncnn1CC(C)C. The molecule has 0 spiro atoms. The van der Waals surface area contributed by atoms with Gasteiger partial charge < -0.3 is 10.5 Å². The third kappa shape index (κ3) is 5.92. The maximum Gasteiger partial charge on any atom is 0.322 e. The molecule has 0 saturated carbocycles. The fourth-order valence-corrected chi connectivity index (χ4v) is 2.61. The molecule has 0 bridgehead atoms. The highest BCUT2D eigenvalue weighted by Gasteiger charge is 2.14. The molecule has 7 heteroatoms. The van der Waals surface area contributed by atoms with Crippen molar-refractivity contribution < 1.29 is 9.53 Å². The molecule has 0 saturated heterocycles. The van der Waals surface area contributed by atoms with E-state index in [0.717, 1.165) is 23.9 Å². The van der Waals surface area contributed by atoms with Gasteiger partial charge in [0.1, 0.15) is 18.2 Å². The average molecular weight is 300 g/mol. The van der Waals surface area contributed by atoms with Gasteiger partial charge in [-0.3, -0.25) is 4.79 Å². The number of thioether (sulfide) groups is 1. The second-order valence-corrected chi connectivity index (χ2v) is 6.06. The molecule has 6 nitrogen and oxygen atoms in total. The Kier molecular flexibility index (Phi) is 7.61. The van der Waals surface area contributed by atoms with Crippen molar-refractivity contribution in [2.24, 2.45) is 11.7 Å². The molecule has 2 N–H and O–H groups in total. The van der Waals surface area contributed by atoms with E-state index in [-0.39, 0.29) is 5.97 Å². The number of rotatable bonds is 9. The van der Waals surface area contributed by atoms with Crippen molar-refractivity contribution in [2.45, 2.75) is 45.5 Å². The predicted octanol–water partition coefficient (Wildman–Crippen LogP) is 1.45. The Morgan fingerprint density at radius 2 is 2.30 bits per heavy atom. The van der Waals surface area contributed by atoms with Gasteiger partial charge in [-0.1, -0.05) is 13.8 Å². The van der Waals surface area contributed by atoms with Crippen LogP contribution >= 0.6 is 11.8 Å². The quantitative estimate of drug-likeness (QED) is 0.549. The summed E-state index contributed by atoms with van der Waals surface area (Å²) in [6.07, 6.45) is 2.20. The Morgan fingerprint density at radius 3 is 2.95 bits per heavy atom. The summed E-state index contributed by atoms with van der Waals surface area (Å²) in [6.45, 7) is 7.32. The summed E-state index contributed by atoms with van der Waals surface area (Å²) >= 11 is 1.70. The fourth-order valence-electron chi connectivity index (χ4n) is 1.64. The van der Waals surface area contributed by atoms with E-state index in [1.54, 1.807) is 25.0 Å². The van der Waals surface area contributed by atoms with Crippen LogP contribution in [0.5, 0.6) is 0 Å². The van der Waals surface area contributed by atoms with Crippen LogP contribution < -0.4 is 5.73 Å². The van der Waals surface area contributed by atoms with Gasteiger partial charge in [-0.25, -0.2) is 9.67 Å². The van der Waals surface area contributed by atoms with Crippen LogP contribution in [0.1, 0.15) is 33.0 Å². The normalized spacial score (nSPS) is 12.7. The monoisotopic (exact) mass is 300 g/mol. The molecule has 1 atom stereocenters. The second-order valence-electron chi connectivity index (χ2n) is 4.95. The summed E-state index contributed by atoms with van der Waals surface area (Å²) in [4.78, 5) is 15.6. The van der Waals surface area contributed by atoms with Gasteiger partial charge in [0, 0.05) is 6.54 Å². The van der Waals surface area contributed by atoms with Crippen LogP contribution in [0.15, 0.2) is 6.33 Å². The Balaban J connectivity index is 2.27. The summed E-state index contributed by atoms with van der Waals surface area (Å²) in [5.41, 5.74) is 5.74. The van der Waals surface area contributed by atoms with Crippen LogP contribution in [0, 0.1) is 5.92 Å². The maximum atomic E-state index is 11.4. The molecule has 0 radical (unpaired) electrons. The van der Waals surface area contributed by atoms with Gasteiger partial charge in [0.25, 0.3) is 0 Å². The first kappa shape index (κ1) is 17.0. The van der Waals surface area contributed by atoms with Crippen molar-refractivity contribution in [3.8, 4) is 0 Å². The summed E-state index contributed by atoms with van der Waals surface area (Å²) < 4.78 is 6.80. The van der Waals surface area contributed by atoms with E-state index in [9.17, 15) is 4.79 Å². The molecular formula is C13H24N4O2S. The summed E-state index contributed by atoms with van der Waals surface area (Å²) in [7, 11) is 0. The highest BCUT2D eigenvalue weighted by atomic mass is 32.2. The van der Waals surface area contributed by atoms with E-state index >= 15 is 0 Å². The predicted molar refractivity (Wildman–Crippen MR) is 80.2 cm³/mol. The lowest BCUT2D eigenvalue weighted by atomic mass is 10.2. The summed E-state index contributed by atoms with van der Waals surface area (Å²) in [5.74, 6) is 2.76. The van der Waals surface area contributed by atoms with Crippen LogP contribution in [0.25, 0.3) is 0 Å². The molecule has 1 unspecified atom stereocenters. The van der Waals surface area contributed by atoms with Gasteiger partial charge in [-0.05, 0) is 25.0 Å². The van der Waals surface area contributed by atoms with Crippen LogP contribution in [-0.4, -0.2) is 39.1 Å². The van der Waals surface area contributed by atoms with Crippen molar-refractivity contribution in [1.29, 1.82) is 0 Å². The molecule has 1 rings (SSSR count). The number of nitrogens with two attached hydrogens (primary N) is 1. The number of carbonyl (C=O) groups excluding carboxylic acids is 1. The fraction of sp³-hybridized carbons (Fsp3) is 0.769. The maximum absolute atomic E-state index is 11.4. The van der Waals surface area contributed by atoms with E-state index in [1.165, 1.54) is 0 Å². The van der Waals surface area contributed by atoms with Crippen molar-refractivity contribution in [2.75, 3.05) is 12.4 Å². The Hall–Kier alpha value is -1.08. The van der Waals surface area contributed by atoms with Gasteiger partial charge in [-0.2, -0.15) is 16.9 Å². The third-order valence-corrected chi connectivity index (χ3v) is 3.61. The first-order chi connectivity index (χ1) is 9.54. The standard InChI is InChI=1S/C13H24N4O2S/c1-4-19-13(18)11(14)5-6-20-8-12-15-9-16-17(12)7-10(2)3/h9-11H,4-8,14H2,1-3H3. The first-order valence-corrected chi connectivity index (χ1v) is 8.06. The summed E-state index contributed by atoms with van der Waals surface area (Å²) in [5, 5.41) is 4.22. The van der Waals surface area contributed by atoms with Gasteiger partial charge in [0.2, 0.25) is 0 Å². The van der Waals surface area contributed by atoms with E-state index in [0.29, 0.717) is 18.9 Å². The number of esters is 1. The molecule has 0 aliphatic heterocycles. The molecule has 1 heterocycles. The van der Waals surface area contributed by atoms with Gasteiger partial charge >= 0.3 is 5.97 Å². The number of hydrogen-bond acceptors (Lipinski definition) is 6. The Bertz CT molecular complexity index is 409. The smallest absolute Gasteiger partial charge is 0.322 e. The lowest BCUT2D eigenvalue weighted by Gasteiger charge is -2.10. The van der Waals surface area contributed by atoms with Gasteiger partial charge in [0.15, 0.2) is 0 Å². The molecule has 0 aromatic carbocycles. The first-order valence-electron chi connectivity index (χ1n) is 6.91. The minimum absolute atomic E-state index is 0.323. The van der Waals surface area contributed by atoms with Crippen molar-refractivity contribution in [1.82, 2.24) is 14.8 Å². The second kappa shape index (κ2) is 8.97. The number of carbonyl (C=O) groups is 1. The van der Waals surface area contributed by atoms with Crippen LogP contribution in [0.3, 0.4) is 0 Å². The zero-order chi connectivity index (χ0) is 15.0. The van der Waals surface area contributed by atoms with E-state index in [4.69, 9.17) is 10.5 Å². The van der Waals surface area contributed by atoms with Crippen molar-refractivity contribution in [3.63, 3.8) is 0 Å². The lowest BCUT2D eigenvalue weighted by Crippen LogP contribution is -2.32. The molecule has 0 fully saturated rings. The minimum atomic E-state index is -0.531. The number of hydrogen-bond donors (Lipinski definition) is 1. The Labute approximate surface area is 124 Å². The number of ether oxygens (including phenoxy) is 1. The lowest BCUT2D eigenvalue weighted by molar-refractivity contribution is -0.144. The minimum Gasteiger partial charge on any atom is -0.465 e. The highest BCUT2D eigenvalue weighted by molar-refractivity contribution is 7.98. The number of nitrogens with zero attached hydrogens (tertiary/aromatic N) is 3. The van der Waals surface area contributed by atoms with Crippen molar-refractivity contribution in [3.05, 3.63) is 12.2 Å². The molecule has 1 aromatic heterocycles. The topological polar surface area (TPSA) is 83.0 Å². The molecule has 0 amide bonds. The summed E-state index contributed by atoms with van der Waals surface area (Å²) in [6, 6.07) is -0.531. The molecule has 0 aliphatic carbocycles. The molecule has 0 aliphatic rings. The molecule has 1 aromatic rings. The van der Waals surface area contributed by atoms with Crippen LogP contribution in [0.2, 0.25) is 0 Å². The molecular weight excluding hydrogens is 276 g/mol. The van der Waals surface area contributed by atoms with Crippen molar-refractivity contribution >= 4 is 17.7 Å². The van der Waals surface area contributed by atoms with E-state index < -0.39 is 6.04 Å². The number of aromatic nitrogens is 3. The Morgan fingerprint density at radius 1 is 1.55 bits per heavy atom. The van der Waals surface area contributed by atoms with Crippen LogP contribution in [0.4, 0.5) is 0 Å². The van der Waals surface area contributed by atoms with E-state index in [2.05, 4.69) is 23.9 Å². The van der Waals surface area contributed by atoms with Gasteiger partial charge in [-0.15, -0.1) is 0 Å². The zero-order valence-electron chi connectivity index (χ0n) is 12.4. The van der Waals surface area contributed by atoms with Gasteiger partial charge in [0.05, 0.1) is 12.4 Å². The highest BCUT2D eigenvalue weighted by Crippen LogP contribution is 2.13. The third-order valence-electron chi connectivity index (χ3n) is 2.63. The van der Waals surface area contributed by atoms with Crippen LogP contribution in [-0.2, 0) is 21.8 Å². The largest absolute Gasteiger partial charge is 0.465 e. The average Bonchev–Trinajstić information content (AvgIpc) is 2.81. The zero-order valence-corrected chi connectivity index (χ0v) is 13.2. The molecule has 20 heavy (non-hydrogen) atoms. The molecule has 114 valence electrons.